The van der Waals surface area contributed by atoms with Gasteiger partial charge in [0.15, 0.2) is 0 Å². The van der Waals surface area contributed by atoms with Crippen molar-refractivity contribution in [3.63, 3.8) is 0 Å². The van der Waals surface area contributed by atoms with E-state index in [1.54, 1.807) is 24.1 Å². The predicted molar refractivity (Wildman–Crippen MR) is 67.8 cm³/mol. The first kappa shape index (κ1) is 13.1. The number of hydrogen-bond donors (Lipinski definition) is 0. The molecule has 16 heavy (non-hydrogen) atoms. The van der Waals surface area contributed by atoms with E-state index in [9.17, 15) is 4.79 Å². The molecule has 0 N–H and O–H groups in total. The molecule has 1 atom stereocenters. The lowest BCUT2D eigenvalue weighted by Gasteiger charge is -2.24. The fourth-order valence-electron chi connectivity index (χ4n) is 1.38. The van der Waals surface area contributed by atoms with Crippen molar-refractivity contribution in [2.24, 2.45) is 0 Å². The third-order valence-electron chi connectivity index (χ3n) is 2.52. The van der Waals surface area contributed by atoms with Crippen molar-refractivity contribution in [1.82, 2.24) is 4.90 Å². The molecule has 0 bridgehead atoms. The summed E-state index contributed by atoms with van der Waals surface area (Å²) >= 11 is 11.9. The lowest BCUT2D eigenvalue weighted by atomic mass is 10.1. The highest BCUT2D eigenvalue weighted by molar-refractivity contribution is 6.35. The van der Waals surface area contributed by atoms with Crippen molar-refractivity contribution in [2.45, 2.75) is 13.0 Å². The third-order valence-corrected chi connectivity index (χ3v) is 3.08. The normalized spacial score (nSPS) is 12.0. The zero-order chi connectivity index (χ0) is 12.3. The van der Waals surface area contributed by atoms with E-state index >= 15 is 0 Å². The van der Waals surface area contributed by atoms with E-state index < -0.39 is 0 Å². The van der Waals surface area contributed by atoms with Crippen molar-refractivity contribution >= 4 is 29.1 Å². The second-order valence-electron chi connectivity index (χ2n) is 3.50. The molecule has 0 aromatic heterocycles. The molecule has 0 aliphatic heterocycles. The molecule has 1 aromatic rings. The molecule has 2 nitrogen and oxygen atoms in total. The molecule has 0 heterocycles. The number of nitrogens with zero attached hydrogens (tertiary/aromatic N) is 1. The Labute approximate surface area is 105 Å². The van der Waals surface area contributed by atoms with Crippen molar-refractivity contribution in [1.29, 1.82) is 0 Å². The van der Waals surface area contributed by atoms with E-state index in [1.165, 1.54) is 6.08 Å². The summed E-state index contributed by atoms with van der Waals surface area (Å²) in [5.41, 5.74) is 0.865. The van der Waals surface area contributed by atoms with E-state index in [1.807, 2.05) is 13.0 Å². The monoisotopic (exact) mass is 257 g/mol. The maximum atomic E-state index is 11.4. The van der Waals surface area contributed by atoms with Gasteiger partial charge < -0.3 is 4.90 Å². The number of amides is 1. The van der Waals surface area contributed by atoms with Gasteiger partial charge in [-0.15, -0.1) is 0 Å². The first-order chi connectivity index (χ1) is 7.47. The van der Waals surface area contributed by atoms with Crippen LogP contribution in [-0.4, -0.2) is 17.9 Å². The molecular weight excluding hydrogens is 245 g/mol. The molecule has 0 aliphatic rings. The van der Waals surface area contributed by atoms with Crippen molar-refractivity contribution < 1.29 is 4.79 Å². The number of likely N-dealkylation sites (N-methyl/N-ethyl adjacent to an activating group) is 1. The Balaban J connectivity index is 3.00. The summed E-state index contributed by atoms with van der Waals surface area (Å²) < 4.78 is 0. The van der Waals surface area contributed by atoms with Crippen LogP contribution in [0.3, 0.4) is 0 Å². The molecule has 0 aliphatic carbocycles. The van der Waals surface area contributed by atoms with Gasteiger partial charge in [0.25, 0.3) is 0 Å². The summed E-state index contributed by atoms with van der Waals surface area (Å²) in [6.45, 7) is 5.35. The summed E-state index contributed by atoms with van der Waals surface area (Å²) in [4.78, 5) is 13.0. The Morgan fingerprint density at radius 1 is 1.50 bits per heavy atom. The molecule has 1 aromatic carbocycles. The van der Waals surface area contributed by atoms with Crippen molar-refractivity contribution in [3.8, 4) is 0 Å². The summed E-state index contributed by atoms with van der Waals surface area (Å²) in [6, 6.07) is 5.13. The number of carbonyl (C=O) groups excluding carboxylic acids is 1. The molecule has 1 rings (SSSR count). The minimum Gasteiger partial charge on any atom is -0.335 e. The standard InChI is InChI=1S/C12H13Cl2NO/c1-4-12(16)15(3)8(2)10-6-5-9(13)7-11(10)14/h4-8H,1H2,2-3H3. The Kier molecular flexibility index (Phi) is 4.39. The molecule has 1 amide bonds. The van der Waals surface area contributed by atoms with Gasteiger partial charge in [0.05, 0.1) is 6.04 Å². The quantitative estimate of drug-likeness (QED) is 0.757. The van der Waals surface area contributed by atoms with Crippen LogP contribution in [0.25, 0.3) is 0 Å². The summed E-state index contributed by atoms with van der Waals surface area (Å²) in [5.74, 6) is -0.140. The van der Waals surface area contributed by atoms with Crippen LogP contribution >= 0.6 is 23.2 Å². The van der Waals surface area contributed by atoms with Gasteiger partial charge >= 0.3 is 0 Å². The van der Waals surface area contributed by atoms with Gasteiger partial charge in [-0.05, 0) is 30.7 Å². The van der Waals surface area contributed by atoms with Crippen LogP contribution in [0.5, 0.6) is 0 Å². The number of carbonyl (C=O) groups is 1. The van der Waals surface area contributed by atoms with Crippen LogP contribution in [0.2, 0.25) is 10.0 Å². The van der Waals surface area contributed by atoms with Crippen LogP contribution in [0, 0.1) is 0 Å². The van der Waals surface area contributed by atoms with E-state index in [4.69, 9.17) is 23.2 Å². The Hall–Kier alpha value is -0.990. The number of benzene rings is 1. The van der Waals surface area contributed by atoms with Gasteiger partial charge in [-0.25, -0.2) is 0 Å². The van der Waals surface area contributed by atoms with Gasteiger partial charge in [0, 0.05) is 17.1 Å². The first-order valence-electron chi connectivity index (χ1n) is 4.81. The SMILES string of the molecule is C=CC(=O)N(C)C(C)c1ccc(Cl)cc1Cl. The highest BCUT2D eigenvalue weighted by Gasteiger charge is 2.17. The number of rotatable bonds is 3. The molecular formula is C12H13Cl2NO. The van der Waals surface area contributed by atoms with E-state index in [0.717, 1.165) is 5.56 Å². The molecule has 1 unspecified atom stereocenters. The lowest BCUT2D eigenvalue weighted by Crippen LogP contribution is -2.27. The highest BCUT2D eigenvalue weighted by atomic mass is 35.5. The van der Waals surface area contributed by atoms with Crippen LogP contribution < -0.4 is 0 Å². The van der Waals surface area contributed by atoms with Gasteiger partial charge in [0.1, 0.15) is 0 Å². The highest BCUT2D eigenvalue weighted by Crippen LogP contribution is 2.29. The summed E-state index contributed by atoms with van der Waals surface area (Å²) in [6.07, 6.45) is 1.28. The minimum absolute atomic E-state index is 0.115. The smallest absolute Gasteiger partial charge is 0.246 e. The fraction of sp³-hybridized carbons (Fsp3) is 0.250. The molecule has 0 saturated carbocycles. The van der Waals surface area contributed by atoms with E-state index in [-0.39, 0.29) is 11.9 Å². The molecule has 0 spiro atoms. The zero-order valence-electron chi connectivity index (χ0n) is 9.21. The second-order valence-corrected chi connectivity index (χ2v) is 4.34. The van der Waals surface area contributed by atoms with Crippen LogP contribution in [0.4, 0.5) is 0 Å². The molecule has 0 saturated heterocycles. The lowest BCUT2D eigenvalue weighted by molar-refractivity contribution is -0.126. The van der Waals surface area contributed by atoms with E-state index in [0.29, 0.717) is 10.0 Å². The predicted octanol–water partition coefficient (Wildman–Crippen LogP) is 3.70. The number of hydrogen-bond acceptors (Lipinski definition) is 1. The molecule has 0 fully saturated rings. The Bertz CT molecular complexity index is 417. The van der Waals surface area contributed by atoms with Crippen LogP contribution in [0.15, 0.2) is 30.9 Å². The van der Waals surface area contributed by atoms with Crippen molar-refractivity contribution in [2.75, 3.05) is 7.05 Å². The van der Waals surface area contributed by atoms with E-state index in [2.05, 4.69) is 6.58 Å². The van der Waals surface area contributed by atoms with Gasteiger partial charge in [0.2, 0.25) is 5.91 Å². The number of halogens is 2. The third kappa shape index (κ3) is 2.77. The Morgan fingerprint density at radius 3 is 2.62 bits per heavy atom. The molecule has 0 radical (unpaired) electrons. The maximum Gasteiger partial charge on any atom is 0.246 e. The first-order valence-corrected chi connectivity index (χ1v) is 5.57. The van der Waals surface area contributed by atoms with Crippen molar-refractivity contribution in [3.05, 3.63) is 46.5 Å². The van der Waals surface area contributed by atoms with Gasteiger partial charge in [-0.1, -0.05) is 35.8 Å². The Morgan fingerprint density at radius 2 is 2.12 bits per heavy atom. The second kappa shape index (κ2) is 5.37. The van der Waals surface area contributed by atoms with Crippen LogP contribution in [0.1, 0.15) is 18.5 Å². The topological polar surface area (TPSA) is 20.3 Å². The molecule has 4 heteroatoms. The van der Waals surface area contributed by atoms with Gasteiger partial charge in [-0.2, -0.15) is 0 Å². The minimum atomic E-state index is -0.140. The zero-order valence-corrected chi connectivity index (χ0v) is 10.7. The molecule has 86 valence electrons. The average molecular weight is 258 g/mol. The summed E-state index contributed by atoms with van der Waals surface area (Å²) in [7, 11) is 1.71. The summed E-state index contributed by atoms with van der Waals surface area (Å²) in [5, 5.41) is 1.14. The average Bonchev–Trinajstić information content (AvgIpc) is 2.26. The van der Waals surface area contributed by atoms with Gasteiger partial charge in [-0.3, -0.25) is 4.79 Å². The largest absolute Gasteiger partial charge is 0.335 e. The van der Waals surface area contributed by atoms with Crippen LogP contribution in [-0.2, 0) is 4.79 Å². The fourth-order valence-corrected chi connectivity index (χ4v) is 1.95. The maximum absolute atomic E-state index is 11.4.